The van der Waals surface area contributed by atoms with Crippen LogP contribution in [0.2, 0.25) is 0 Å². The topological polar surface area (TPSA) is 142 Å². The Hall–Kier alpha value is -6.04. The van der Waals surface area contributed by atoms with Gasteiger partial charge in [0.05, 0.1) is 28.4 Å². The molecule has 0 amide bonds. The minimum atomic E-state index is -0.560. The van der Waals surface area contributed by atoms with E-state index in [9.17, 15) is 19.2 Å². The van der Waals surface area contributed by atoms with Crippen molar-refractivity contribution >= 4 is 23.9 Å². The van der Waals surface area contributed by atoms with Crippen LogP contribution in [0.1, 0.15) is 33.4 Å². The van der Waals surface area contributed by atoms with E-state index in [0.29, 0.717) is 35.8 Å². The second kappa shape index (κ2) is 19.2. The normalized spacial score (nSPS) is 10.4. The van der Waals surface area contributed by atoms with Crippen LogP contribution < -0.4 is 18.9 Å². The Kier molecular flexibility index (Phi) is 14.2. The number of rotatable bonds is 18. The molecule has 0 aromatic heterocycles. The van der Waals surface area contributed by atoms with Crippen LogP contribution in [-0.2, 0) is 57.4 Å². The van der Waals surface area contributed by atoms with E-state index in [-0.39, 0.29) is 32.8 Å². The Balaban J connectivity index is 1.73. The highest BCUT2D eigenvalue weighted by Gasteiger charge is 2.20. The van der Waals surface area contributed by atoms with E-state index in [2.05, 4.69) is 0 Å². The molecule has 51 heavy (non-hydrogen) atoms. The Morgan fingerprint density at radius 2 is 0.647 bits per heavy atom. The van der Waals surface area contributed by atoms with Crippen molar-refractivity contribution in [1.29, 1.82) is 0 Å². The van der Waals surface area contributed by atoms with Crippen molar-refractivity contribution in [2.45, 2.75) is 19.3 Å². The van der Waals surface area contributed by atoms with Gasteiger partial charge >= 0.3 is 23.9 Å². The largest absolute Gasteiger partial charge is 0.482 e. The number of para-hydroxylation sites is 4. The molecule has 0 saturated heterocycles. The number of methoxy groups -OCH3 is 4. The van der Waals surface area contributed by atoms with Crippen LogP contribution in [0.15, 0.2) is 84.9 Å². The molecule has 0 aliphatic heterocycles. The third-order valence-electron chi connectivity index (χ3n) is 7.71. The smallest absolute Gasteiger partial charge is 0.343 e. The third-order valence-corrected chi connectivity index (χ3v) is 7.71. The van der Waals surface area contributed by atoms with E-state index in [1.807, 2.05) is 60.7 Å². The Bertz CT molecular complexity index is 1680. The fourth-order valence-electron chi connectivity index (χ4n) is 5.17. The molecular weight excluding hydrogens is 660 g/mol. The number of hydrogen-bond acceptors (Lipinski definition) is 12. The molecule has 12 nitrogen and oxygen atoms in total. The molecule has 0 saturated carbocycles. The molecule has 0 atom stereocenters. The lowest BCUT2D eigenvalue weighted by molar-refractivity contribution is -0.143. The summed E-state index contributed by atoms with van der Waals surface area (Å²) in [5.74, 6) is -0.252. The van der Waals surface area contributed by atoms with E-state index in [1.54, 1.807) is 24.3 Å². The van der Waals surface area contributed by atoms with Gasteiger partial charge in [0, 0.05) is 19.3 Å². The van der Waals surface area contributed by atoms with Crippen LogP contribution in [0.3, 0.4) is 0 Å². The van der Waals surface area contributed by atoms with Crippen LogP contribution >= 0.6 is 0 Å². The van der Waals surface area contributed by atoms with Gasteiger partial charge in [0.2, 0.25) is 0 Å². The minimum Gasteiger partial charge on any atom is -0.482 e. The third kappa shape index (κ3) is 11.0. The molecule has 4 rings (SSSR count). The lowest BCUT2D eigenvalue weighted by Crippen LogP contribution is -2.16. The lowest BCUT2D eigenvalue weighted by atomic mass is 9.94. The Morgan fingerprint density at radius 3 is 0.980 bits per heavy atom. The summed E-state index contributed by atoms with van der Waals surface area (Å²) in [6.07, 6.45) is 0.973. The van der Waals surface area contributed by atoms with E-state index in [1.165, 1.54) is 28.4 Å². The molecule has 0 N–H and O–H groups in total. The van der Waals surface area contributed by atoms with Crippen molar-refractivity contribution < 1.29 is 57.1 Å². The molecule has 0 unspecified atom stereocenters. The molecule has 12 heteroatoms. The first-order chi connectivity index (χ1) is 24.8. The van der Waals surface area contributed by atoms with E-state index < -0.39 is 23.9 Å². The average Bonchev–Trinajstić information content (AvgIpc) is 3.16. The van der Waals surface area contributed by atoms with Gasteiger partial charge in [0.1, 0.15) is 23.0 Å². The molecule has 0 radical (unpaired) electrons. The van der Waals surface area contributed by atoms with Gasteiger partial charge in [0.25, 0.3) is 0 Å². The lowest BCUT2D eigenvalue weighted by Gasteiger charge is -2.20. The van der Waals surface area contributed by atoms with Crippen molar-refractivity contribution in [3.63, 3.8) is 0 Å². The van der Waals surface area contributed by atoms with E-state index in [4.69, 9.17) is 37.9 Å². The standard InChI is InChI=1S/C39H40O12/c1-44-34(40)22-48-32-17-7-5-11-26(32)19-28-13-9-15-30(38(28)50-24-36(42)46-3)21-31-16-10-14-29(39(31)51-25-37(43)47-4)20-27-12-6-8-18-33(27)49-23-35(41)45-2/h5-18H,19-25H2,1-4H3. The number of hydrogen-bond donors (Lipinski definition) is 0. The van der Waals surface area contributed by atoms with Crippen molar-refractivity contribution in [2.75, 3.05) is 54.9 Å². The summed E-state index contributed by atoms with van der Waals surface area (Å²) in [7, 11) is 5.14. The number of esters is 4. The molecular formula is C39H40O12. The van der Waals surface area contributed by atoms with Crippen LogP contribution in [0.4, 0.5) is 0 Å². The van der Waals surface area contributed by atoms with Gasteiger partial charge in [-0.25, -0.2) is 19.2 Å². The number of ether oxygens (including phenoxy) is 8. The molecule has 4 aromatic carbocycles. The molecule has 0 aliphatic rings. The van der Waals surface area contributed by atoms with Gasteiger partial charge in [-0.2, -0.15) is 0 Å². The molecule has 0 bridgehead atoms. The summed E-state index contributed by atoms with van der Waals surface area (Å²) in [6, 6.07) is 25.8. The Labute approximate surface area is 296 Å². The summed E-state index contributed by atoms with van der Waals surface area (Å²) < 4.78 is 42.8. The minimum absolute atomic E-state index is 0.258. The number of carbonyl (C=O) groups excluding carboxylic acids is 4. The summed E-state index contributed by atoms with van der Waals surface area (Å²) >= 11 is 0. The van der Waals surface area contributed by atoms with Crippen molar-refractivity contribution in [1.82, 2.24) is 0 Å². The molecule has 0 fully saturated rings. The van der Waals surface area contributed by atoms with Gasteiger partial charge < -0.3 is 37.9 Å². The molecule has 0 heterocycles. The van der Waals surface area contributed by atoms with Crippen molar-refractivity contribution in [3.8, 4) is 23.0 Å². The van der Waals surface area contributed by atoms with Crippen molar-refractivity contribution in [3.05, 3.63) is 118 Å². The van der Waals surface area contributed by atoms with E-state index in [0.717, 1.165) is 33.4 Å². The Morgan fingerprint density at radius 1 is 0.373 bits per heavy atom. The summed E-state index contributed by atoms with van der Waals surface area (Å²) in [5, 5.41) is 0. The first kappa shape index (κ1) is 37.8. The summed E-state index contributed by atoms with van der Waals surface area (Å²) in [4.78, 5) is 48.0. The van der Waals surface area contributed by atoms with Gasteiger partial charge in [-0.1, -0.05) is 72.8 Å². The zero-order valence-corrected chi connectivity index (χ0v) is 28.9. The quantitative estimate of drug-likeness (QED) is 0.105. The fourth-order valence-corrected chi connectivity index (χ4v) is 5.17. The average molecular weight is 701 g/mol. The first-order valence-corrected chi connectivity index (χ1v) is 15.9. The van der Waals surface area contributed by atoms with Crippen LogP contribution in [-0.4, -0.2) is 78.7 Å². The first-order valence-electron chi connectivity index (χ1n) is 15.9. The maximum atomic E-state index is 12.2. The van der Waals surface area contributed by atoms with Crippen molar-refractivity contribution in [2.24, 2.45) is 0 Å². The van der Waals surface area contributed by atoms with Crippen LogP contribution in [0.25, 0.3) is 0 Å². The maximum Gasteiger partial charge on any atom is 0.343 e. The highest BCUT2D eigenvalue weighted by molar-refractivity contribution is 5.72. The predicted molar refractivity (Wildman–Crippen MR) is 184 cm³/mol. The summed E-state index contributed by atoms with van der Waals surface area (Å²) in [5.41, 5.74) is 4.50. The molecule has 0 spiro atoms. The second-order valence-electron chi connectivity index (χ2n) is 11.0. The second-order valence-corrected chi connectivity index (χ2v) is 11.0. The SMILES string of the molecule is COC(=O)COc1ccccc1Cc1cccc(Cc2cccc(Cc3ccccc3OCC(=O)OC)c2OCC(=O)OC)c1OCC(=O)OC. The molecule has 0 aliphatic carbocycles. The van der Waals surface area contributed by atoms with Gasteiger partial charge in [-0.05, 0) is 45.5 Å². The zero-order chi connectivity index (χ0) is 36.6. The predicted octanol–water partition coefficient (Wildman–Crippen LogP) is 4.67. The molecule has 268 valence electrons. The van der Waals surface area contributed by atoms with Crippen LogP contribution in [0, 0.1) is 0 Å². The highest BCUT2D eigenvalue weighted by atomic mass is 16.6. The van der Waals surface area contributed by atoms with Gasteiger partial charge in [0.15, 0.2) is 26.4 Å². The zero-order valence-electron chi connectivity index (χ0n) is 28.9. The van der Waals surface area contributed by atoms with Crippen LogP contribution in [0.5, 0.6) is 23.0 Å². The monoisotopic (exact) mass is 700 g/mol. The maximum absolute atomic E-state index is 12.2. The highest BCUT2D eigenvalue weighted by Crippen LogP contribution is 2.35. The van der Waals surface area contributed by atoms with E-state index >= 15 is 0 Å². The number of benzene rings is 4. The van der Waals surface area contributed by atoms with Gasteiger partial charge in [-0.3, -0.25) is 0 Å². The van der Waals surface area contributed by atoms with Gasteiger partial charge in [-0.15, -0.1) is 0 Å². The fraction of sp³-hybridized carbons (Fsp3) is 0.282. The number of carbonyl (C=O) groups is 4. The summed E-state index contributed by atoms with van der Waals surface area (Å²) in [6.45, 7) is -1.19. The molecule has 4 aromatic rings.